The van der Waals surface area contributed by atoms with E-state index in [1.165, 1.54) is 0 Å². The minimum atomic E-state index is -0.147. The summed E-state index contributed by atoms with van der Waals surface area (Å²) in [6.07, 6.45) is 1.79. The van der Waals surface area contributed by atoms with Crippen LogP contribution >= 0.6 is 0 Å². The Morgan fingerprint density at radius 1 is 1.25 bits per heavy atom. The van der Waals surface area contributed by atoms with E-state index in [-0.39, 0.29) is 11.6 Å². The average Bonchev–Trinajstić information content (AvgIpc) is 2.47. The fourth-order valence-electron chi connectivity index (χ4n) is 2.19. The topological polar surface area (TPSA) is 60.2 Å². The zero-order valence-corrected chi connectivity index (χ0v) is 12.4. The first kappa shape index (κ1) is 14.9. The van der Waals surface area contributed by atoms with Gasteiger partial charge < -0.3 is 4.74 Å². The number of aromatic nitrogens is 1. The Hall–Kier alpha value is -1.49. The average molecular weight is 273 g/mol. The van der Waals surface area contributed by atoms with Crippen LogP contribution in [0.5, 0.6) is 0 Å². The molecule has 0 spiro atoms. The number of hydrazine groups is 1. The van der Waals surface area contributed by atoms with Crippen molar-refractivity contribution in [2.45, 2.75) is 38.3 Å². The molecule has 1 aromatic heterocycles. The van der Waals surface area contributed by atoms with E-state index in [0.717, 1.165) is 29.4 Å². The molecular formula is C16H23N3O. The quantitative estimate of drug-likeness (QED) is 0.627. The van der Waals surface area contributed by atoms with Crippen molar-refractivity contribution in [1.82, 2.24) is 10.4 Å². The maximum atomic E-state index is 5.69. The number of nitrogens with one attached hydrogen (secondary N) is 1. The van der Waals surface area contributed by atoms with Gasteiger partial charge in [0.25, 0.3) is 0 Å². The lowest BCUT2D eigenvalue weighted by molar-refractivity contribution is 0.0116. The molecule has 0 fully saturated rings. The number of nitrogens with two attached hydrogens (primary N) is 1. The maximum Gasteiger partial charge on any atom is 0.0706 e. The normalized spacial score (nSPS) is 13.6. The van der Waals surface area contributed by atoms with E-state index in [9.17, 15) is 0 Å². The van der Waals surface area contributed by atoms with Crippen LogP contribution in [0.2, 0.25) is 0 Å². The lowest BCUT2D eigenvalue weighted by Gasteiger charge is -2.25. The molecule has 0 bridgehead atoms. The summed E-state index contributed by atoms with van der Waals surface area (Å²) in [7, 11) is 1.74. The van der Waals surface area contributed by atoms with Crippen molar-refractivity contribution in [3.05, 3.63) is 42.1 Å². The van der Waals surface area contributed by atoms with Gasteiger partial charge in [-0.15, -0.1) is 0 Å². The Bertz CT molecular complexity index is 568. The minimum Gasteiger partial charge on any atom is -0.379 e. The molecule has 0 aliphatic rings. The van der Waals surface area contributed by atoms with E-state index in [2.05, 4.69) is 36.4 Å². The molecule has 0 aliphatic heterocycles. The molecule has 0 saturated heterocycles. The molecule has 1 heterocycles. The van der Waals surface area contributed by atoms with Crippen molar-refractivity contribution in [3.63, 3.8) is 0 Å². The highest BCUT2D eigenvalue weighted by atomic mass is 16.5. The number of rotatable bonds is 6. The van der Waals surface area contributed by atoms with Gasteiger partial charge in [-0.05, 0) is 38.8 Å². The van der Waals surface area contributed by atoms with Crippen molar-refractivity contribution < 1.29 is 4.74 Å². The Morgan fingerprint density at radius 3 is 2.70 bits per heavy atom. The smallest absolute Gasteiger partial charge is 0.0706 e. The van der Waals surface area contributed by atoms with Crippen LogP contribution in [-0.4, -0.2) is 17.7 Å². The van der Waals surface area contributed by atoms with Crippen LogP contribution in [0, 0.1) is 0 Å². The van der Waals surface area contributed by atoms with Crippen molar-refractivity contribution in [1.29, 1.82) is 0 Å². The van der Waals surface area contributed by atoms with Crippen LogP contribution in [0.25, 0.3) is 10.9 Å². The molecule has 1 unspecified atom stereocenters. The van der Waals surface area contributed by atoms with Crippen molar-refractivity contribution in [2.24, 2.45) is 5.84 Å². The monoisotopic (exact) mass is 273 g/mol. The Balaban J connectivity index is 2.17. The highest BCUT2D eigenvalue weighted by molar-refractivity contribution is 5.78. The minimum absolute atomic E-state index is 0.0361. The molecule has 108 valence electrons. The van der Waals surface area contributed by atoms with Crippen LogP contribution < -0.4 is 11.3 Å². The fourth-order valence-corrected chi connectivity index (χ4v) is 2.19. The number of ether oxygens (including phenoxy) is 1. The summed E-state index contributed by atoms with van der Waals surface area (Å²) in [6.45, 7) is 4.16. The van der Waals surface area contributed by atoms with Gasteiger partial charge in [0.05, 0.1) is 22.9 Å². The number of fused-ring (bicyclic) bond motifs is 1. The van der Waals surface area contributed by atoms with E-state index < -0.39 is 0 Å². The third-order valence-electron chi connectivity index (χ3n) is 3.77. The van der Waals surface area contributed by atoms with Gasteiger partial charge >= 0.3 is 0 Å². The predicted molar refractivity (Wildman–Crippen MR) is 82.1 cm³/mol. The van der Waals surface area contributed by atoms with Gasteiger partial charge in [0.15, 0.2) is 0 Å². The van der Waals surface area contributed by atoms with E-state index >= 15 is 0 Å². The second-order valence-electron chi connectivity index (χ2n) is 5.65. The SMILES string of the molecule is COC(C)(C)CCC(NN)c1ccc2ccccc2n1. The molecule has 20 heavy (non-hydrogen) atoms. The largest absolute Gasteiger partial charge is 0.379 e. The van der Waals surface area contributed by atoms with Gasteiger partial charge in [0, 0.05) is 12.5 Å². The zero-order valence-electron chi connectivity index (χ0n) is 12.4. The zero-order chi connectivity index (χ0) is 14.6. The Morgan fingerprint density at radius 2 is 2.00 bits per heavy atom. The van der Waals surface area contributed by atoms with E-state index in [1.807, 2.05) is 24.3 Å². The molecule has 4 heteroatoms. The summed E-state index contributed by atoms with van der Waals surface area (Å²) >= 11 is 0. The molecule has 1 atom stereocenters. The third kappa shape index (κ3) is 3.54. The number of para-hydroxylation sites is 1. The molecule has 0 radical (unpaired) electrons. The Kier molecular flexibility index (Phi) is 4.70. The molecule has 2 rings (SSSR count). The predicted octanol–water partition coefficient (Wildman–Crippen LogP) is 2.94. The number of hydrogen-bond acceptors (Lipinski definition) is 4. The summed E-state index contributed by atoms with van der Waals surface area (Å²) in [4.78, 5) is 4.69. The van der Waals surface area contributed by atoms with Gasteiger partial charge in [0.2, 0.25) is 0 Å². The first-order chi connectivity index (χ1) is 9.55. The molecule has 0 saturated carbocycles. The molecule has 0 amide bonds. The van der Waals surface area contributed by atoms with E-state index in [4.69, 9.17) is 10.6 Å². The number of benzene rings is 1. The third-order valence-corrected chi connectivity index (χ3v) is 3.77. The highest BCUT2D eigenvalue weighted by Crippen LogP contribution is 2.24. The van der Waals surface area contributed by atoms with Crippen molar-refractivity contribution in [2.75, 3.05) is 7.11 Å². The van der Waals surface area contributed by atoms with Crippen LogP contribution in [0.3, 0.4) is 0 Å². The number of nitrogens with zero attached hydrogens (tertiary/aromatic N) is 1. The standard InChI is InChI=1S/C16H23N3O/c1-16(2,20-3)11-10-15(19-17)14-9-8-12-6-4-5-7-13(12)18-14/h4-9,15,19H,10-11,17H2,1-3H3. The number of pyridine rings is 1. The Labute approximate surface area is 120 Å². The molecule has 1 aromatic carbocycles. The molecule has 2 aromatic rings. The van der Waals surface area contributed by atoms with Crippen LogP contribution in [0.4, 0.5) is 0 Å². The summed E-state index contributed by atoms with van der Waals surface area (Å²) in [6, 6.07) is 12.3. The summed E-state index contributed by atoms with van der Waals surface area (Å²) in [5, 5.41) is 1.14. The van der Waals surface area contributed by atoms with E-state index in [0.29, 0.717) is 0 Å². The lowest BCUT2D eigenvalue weighted by atomic mass is 9.97. The van der Waals surface area contributed by atoms with Crippen LogP contribution in [0.15, 0.2) is 36.4 Å². The molecule has 4 nitrogen and oxygen atoms in total. The lowest BCUT2D eigenvalue weighted by Crippen LogP contribution is -2.31. The van der Waals surface area contributed by atoms with Gasteiger partial charge in [0.1, 0.15) is 0 Å². The number of hydrogen-bond donors (Lipinski definition) is 2. The summed E-state index contributed by atoms with van der Waals surface area (Å²) in [5.74, 6) is 5.69. The second-order valence-corrected chi connectivity index (χ2v) is 5.65. The number of methoxy groups -OCH3 is 1. The maximum absolute atomic E-state index is 5.69. The van der Waals surface area contributed by atoms with Gasteiger partial charge in [-0.1, -0.05) is 24.3 Å². The van der Waals surface area contributed by atoms with Gasteiger partial charge in [-0.25, -0.2) is 0 Å². The fraction of sp³-hybridized carbons (Fsp3) is 0.438. The summed E-state index contributed by atoms with van der Waals surface area (Å²) < 4.78 is 5.45. The van der Waals surface area contributed by atoms with Crippen LogP contribution in [0.1, 0.15) is 38.4 Å². The van der Waals surface area contributed by atoms with Crippen molar-refractivity contribution >= 4 is 10.9 Å². The molecule has 3 N–H and O–H groups in total. The van der Waals surface area contributed by atoms with Crippen LogP contribution in [-0.2, 0) is 4.74 Å². The molecular weight excluding hydrogens is 250 g/mol. The van der Waals surface area contributed by atoms with Crippen molar-refractivity contribution in [3.8, 4) is 0 Å². The highest BCUT2D eigenvalue weighted by Gasteiger charge is 2.20. The molecule has 0 aliphatic carbocycles. The second kappa shape index (κ2) is 6.31. The van der Waals surface area contributed by atoms with Gasteiger partial charge in [-0.3, -0.25) is 16.3 Å². The van der Waals surface area contributed by atoms with E-state index in [1.54, 1.807) is 7.11 Å². The first-order valence-electron chi connectivity index (χ1n) is 6.93. The first-order valence-corrected chi connectivity index (χ1v) is 6.93. The van der Waals surface area contributed by atoms with Gasteiger partial charge in [-0.2, -0.15) is 0 Å². The summed E-state index contributed by atoms with van der Waals surface area (Å²) in [5.41, 5.74) is 4.68.